The van der Waals surface area contributed by atoms with Gasteiger partial charge in [-0.15, -0.1) is 0 Å². The van der Waals surface area contributed by atoms with E-state index in [0.717, 1.165) is 17.5 Å². The Morgan fingerprint density at radius 1 is 0.906 bits per heavy atom. The van der Waals surface area contributed by atoms with Crippen LogP contribution in [0, 0.1) is 0 Å². The molecule has 0 aliphatic carbocycles. The number of aromatic amines is 1. The predicted octanol–water partition coefficient (Wildman–Crippen LogP) is 4.99. The number of nitrogens with one attached hydrogen (secondary N) is 3. The molecule has 0 saturated carbocycles. The number of pyridine rings is 1. The van der Waals surface area contributed by atoms with Crippen LogP contribution in [0.1, 0.15) is 16.1 Å². The van der Waals surface area contributed by atoms with Crippen molar-refractivity contribution in [2.24, 2.45) is 5.73 Å². The van der Waals surface area contributed by atoms with E-state index in [0.29, 0.717) is 22.5 Å². The summed E-state index contributed by atoms with van der Waals surface area (Å²) in [5, 5.41) is 5.79. The monoisotopic (exact) mass is 439 g/mol. The first-order valence-electron chi connectivity index (χ1n) is 9.34. The number of alkyl halides is 3. The Morgan fingerprint density at radius 3 is 2.06 bits per heavy atom. The number of urea groups is 1. The third-order valence-electron chi connectivity index (χ3n) is 4.72. The number of carbonyl (C=O) groups excluding carboxylic acids is 2. The minimum absolute atomic E-state index is 0.213. The quantitative estimate of drug-likeness (QED) is 0.359. The third kappa shape index (κ3) is 4.24. The van der Waals surface area contributed by atoms with Crippen molar-refractivity contribution in [1.82, 2.24) is 9.97 Å². The van der Waals surface area contributed by atoms with Crippen molar-refractivity contribution in [3.8, 4) is 11.1 Å². The van der Waals surface area contributed by atoms with Gasteiger partial charge in [0.05, 0.1) is 5.56 Å². The van der Waals surface area contributed by atoms with Crippen LogP contribution >= 0.6 is 0 Å². The molecule has 3 amide bonds. The highest BCUT2D eigenvalue weighted by Gasteiger charge is 2.30. The molecule has 4 rings (SSSR count). The number of benzene rings is 2. The van der Waals surface area contributed by atoms with E-state index in [1.54, 1.807) is 36.5 Å². The van der Waals surface area contributed by atoms with Crippen LogP contribution in [0.25, 0.3) is 22.2 Å². The number of nitrogens with zero attached hydrogens (tertiary/aromatic N) is 1. The van der Waals surface area contributed by atoms with Crippen molar-refractivity contribution in [2.75, 3.05) is 10.6 Å². The van der Waals surface area contributed by atoms with Crippen LogP contribution in [0.5, 0.6) is 0 Å². The normalized spacial score (nSPS) is 11.3. The number of hydrogen-bond donors (Lipinski definition) is 4. The lowest BCUT2D eigenvalue weighted by atomic mass is 10.0. The molecule has 0 fully saturated rings. The van der Waals surface area contributed by atoms with Gasteiger partial charge in [-0.3, -0.25) is 4.79 Å². The average molecular weight is 439 g/mol. The molecule has 0 aliphatic rings. The fourth-order valence-electron chi connectivity index (χ4n) is 3.26. The number of halogens is 3. The Kier molecular flexibility index (Phi) is 5.27. The molecule has 2 heterocycles. The van der Waals surface area contributed by atoms with Gasteiger partial charge in [0.2, 0.25) is 0 Å². The number of hydrogen-bond acceptors (Lipinski definition) is 3. The molecule has 7 nitrogen and oxygen atoms in total. The van der Waals surface area contributed by atoms with E-state index in [4.69, 9.17) is 5.73 Å². The van der Waals surface area contributed by atoms with Gasteiger partial charge in [-0.05, 0) is 54.1 Å². The molecular formula is C22H16F3N5O2. The van der Waals surface area contributed by atoms with E-state index in [9.17, 15) is 22.8 Å². The van der Waals surface area contributed by atoms with Crippen LogP contribution in [-0.2, 0) is 6.18 Å². The number of anilines is 2. The summed E-state index contributed by atoms with van der Waals surface area (Å²) < 4.78 is 37.9. The van der Waals surface area contributed by atoms with Crippen molar-refractivity contribution in [3.63, 3.8) is 0 Å². The summed E-state index contributed by atoms with van der Waals surface area (Å²) in [6, 6.07) is 13.7. The maximum Gasteiger partial charge on any atom is 0.416 e. The van der Waals surface area contributed by atoms with Gasteiger partial charge in [0.15, 0.2) is 0 Å². The zero-order chi connectivity index (χ0) is 22.9. The zero-order valence-electron chi connectivity index (χ0n) is 16.3. The van der Waals surface area contributed by atoms with E-state index in [-0.39, 0.29) is 11.4 Å². The maximum atomic E-state index is 12.6. The summed E-state index contributed by atoms with van der Waals surface area (Å²) in [4.78, 5) is 31.1. The zero-order valence-corrected chi connectivity index (χ0v) is 16.3. The molecule has 0 spiro atoms. The highest BCUT2D eigenvalue weighted by Crippen LogP contribution is 2.32. The number of nitrogens with two attached hydrogens (primary N) is 1. The number of carbonyl (C=O) groups is 2. The van der Waals surface area contributed by atoms with Crippen LogP contribution < -0.4 is 16.4 Å². The Balaban J connectivity index is 1.50. The number of H-pyrrole nitrogens is 1. The third-order valence-corrected chi connectivity index (χ3v) is 4.72. The van der Waals surface area contributed by atoms with Crippen LogP contribution in [-0.4, -0.2) is 21.9 Å². The Labute approximate surface area is 179 Å². The average Bonchev–Trinajstić information content (AvgIpc) is 3.14. The summed E-state index contributed by atoms with van der Waals surface area (Å²) in [6.07, 6.45) is -2.85. The largest absolute Gasteiger partial charge is 0.416 e. The Morgan fingerprint density at radius 2 is 1.50 bits per heavy atom. The minimum atomic E-state index is -4.45. The fraction of sp³-hybridized carbons (Fsp3) is 0.0455. The molecule has 0 saturated heterocycles. The number of fused-ring (bicyclic) bond motifs is 1. The van der Waals surface area contributed by atoms with Gasteiger partial charge in [0, 0.05) is 28.5 Å². The standard InChI is InChI=1S/C22H16F3N5O2/c23-22(24,25)13-5-9-15(10-6-13)29-21(32)28-14-7-3-12(4-8-14)17-16-2-1-11-27-20(16)30-18(17)19(26)31/h1-11H,(H2,26,31)(H,27,30)(H2,28,29,32). The molecule has 0 unspecified atom stereocenters. The summed E-state index contributed by atoms with van der Waals surface area (Å²) in [7, 11) is 0. The Bertz CT molecular complexity index is 1300. The van der Waals surface area contributed by atoms with E-state index in [2.05, 4.69) is 20.6 Å². The van der Waals surface area contributed by atoms with Gasteiger partial charge < -0.3 is 21.4 Å². The number of rotatable bonds is 4. The van der Waals surface area contributed by atoms with Crippen molar-refractivity contribution < 1.29 is 22.8 Å². The maximum absolute atomic E-state index is 12.6. The predicted molar refractivity (Wildman–Crippen MR) is 114 cm³/mol. The summed E-state index contributed by atoms with van der Waals surface area (Å²) in [6.45, 7) is 0. The van der Waals surface area contributed by atoms with Crippen molar-refractivity contribution in [3.05, 3.63) is 78.1 Å². The number of amides is 3. The van der Waals surface area contributed by atoms with Gasteiger partial charge in [-0.1, -0.05) is 12.1 Å². The van der Waals surface area contributed by atoms with Crippen LogP contribution in [0.15, 0.2) is 66.9 Å². The summed E-state index contributed by atoms with van der Waals surface area (Å²) in [5.74, 6) is -0.629. The molecule has 0 bridgehead atoms. The molecule has 0 aliphatic heterocycles. The van der Waals surface area contributed by atoms with Crippen LogP contribution in [0.3, 0.4) is 0 Å². The molecule has 5 N–H and O–H groups in total. The second-order valence-corrected chi connectivity index (χ2v) is 6.87. The minimum Gasteiger partial charge on any atom is -0.364 e. The molecule has 4 aromatic rings. The lowest BCUT2D eigenvalue weighted by molar-refractivity contribution is -0.137. The second-order valence-electron chi connectivity index (χ2n) is 6.87. The Hall–Kier alpha value is -4.34. The van der Waals surface area contributed by atoms with Gasteiger partial charge in [0.1, 0.15) is 11.3 Å². The molecule has 2 aromatic heterocycles. The SMILES string of the molecule is NC(=O)c1[nH]c2ncccc2c1-c1ccc(NC(=O)Nc2ccc(C(F)(F)F)cc2)cc1. The molecule has 32 heavy (non-hydrogen) atoms. The highest BCUT2D eigenvalue weighted by atomic mass is 19.4. The topological polar surface area (TPSA) is 113 Å². The molecule has 0 radical (unpaired) electrons. The van der Waals surface area contributed by atoms with E-state index >= 15 is 0 Å². The lowest BCUT2D eigenvalue weighted by Crippen LogP contribution is -2.19. The smallest absolute Gasteiger partial charge is 0.364 e. The number of primary amides is 1. The van der Waals surface area contributed by atoms with Crippen molar-refractivity contribution in [2.45, 2.75) is 6.18 Å². The van der Waals surface area contributed by atoms with Gasteiger partial charge >= 0.3 is 12.2 Å². The van der Waals surface area contributed by atoms with E-state index < -0.39 is 23.7 Å². The van der Waals surface area contributed by atoms with Crippen molar-refractivity contribution >= 4 is 34.3 Å². The summed E-state index contributed by atoms with van der Waals surface area (Å²) in [5.41, 5.74) is 7.37. The first-order chi connectivity index (χ1) is 15.2. The molecule has 10 heteroatoms. The molecule has 162 valence electrons. The van der Waals surface area contributed by atoms with E-state index in [1.807, 2.05) is 6.07 Å². The van der Waals surface area contributed by atoms with Crippen LogP contribution in [0.2, 0.25) is 0 Å². The van der Waals surface area contributed by atoms with E-state index in [1.165, 1.54) is 12.1 Å². The molecule has 2 aromatic carbocycles. The van der Waals surface area contributed by atoms with Crippen molar-refractivity contribution in [1.29, 1.82) is 0 Å². The summed E-state index contributed by atoms with van der Waals surface area (Å²) >= 11 is 0. The van der Waals surface area contributed by atoms with Gasteiger partial charge in [-0.25, -0.2) is 9.78 Å². The number of aromatic nitrogens is 2. The lowest BCUT2D eigenvalue weighted by Gasteiger charge is -2.10. The first-order valence-corrected chi connectivity index (χ1v) is 9.34. The molecule has 0 atom stereocenters. The van der Waals surface area contributed by atoms with Gasteiger partial charge in [0.25, 0.3) is 5.91 Å². The fourth-order valence-corrected chi connectivity index (χ4v) is 3.26. The highest BCUT2D eigenvalue weighted by molar-refractivity contribution is 6.08. The second kappa shape index (κ2) is 8.06. The molecular weight excluding hydrogens is 423 g/mol. The van der Waals surface area contributed by atoms with Gasteiger partial charge in [-0.2, -0.15) is 13.2 Å². The first kappa shape index (κ1) is 20.9. The van der Waals surface area contributed by atoms with Crippen LogP contribution in [0.4, 0.5) is 29.3 Å².